The van der Waals surface area contributed by atoms with Gasteiger partial charge in [-0.1, -0.05) is 29.8 Å². The number of fused-ring (bicyclic) bond motifs is 1. The van der Waals surface area contributed by atoms with Crippen LogP contribution in [0.15, 0.2) is 46.9 Å². The summed E-state index contributed by atoms with van der Waals surface area (Å²) in [5, 5.41) is 12.0. The van der Waals surface area contributed by atoms with E-state index in [0.29, 0.717) is 10.8 Å². The van der Waals surface area contributed by atoms with E-state index in [9.17, 15) is 5.11 Å². The van der Waals surface area contributed by atoms with Crippen molar-refractivity contribution in [2.75, 3.05) is 0 Å². The van der Waals surface area contributed by atoms with Crippen LogP contribution in [0.5, 0.6) is 0 Å². The molecular formula is C17H15ClO2. The second-order valence-electron chi connectivity index (χ2n) is 5.08. The largest absolute Gasteiger partial charge is 0.458 e. The first-order chi connectivity index (χ1) is 9.54. The van der Waals surface area contributed by atoms with Crippen LogP contribution >= 0.6 is 11.6 Å². The predicted molar refractivity (Wildman–Crippen MR) is 81.2 cm³/mol. The Hall–Kier alpha value is -1.77. The molecule has 20 heavy (non-hydrogen) atoms. The summed E-state index contributed by atoms with van der Waals surface area (Å²) in [5.74, 6) is 0.533. The van der Waals surface area contributed by atoms with Crippen LogP contribution in [0.25, 0.3) is 11.0 Å². The van der Waals surface area contributed by atoms with Crippen molar-refractivity contribution in [2.24, 2.45) is 0 Å². The van der Waals surface area contributed by atoms with Crippen LogP contribution in [0.1, 0.15) is 28.6 Å². The molecule has 3 rings (SSSR count). The third kappa shape index (κ3) is 2.33. The Balaban J connectivity index is 2.02. The lowest BCUT2D eigenvalue weighted by molar-refractivity contribution is 0.192. The fraction of sp³-hybridized carbons (Fsp3) is 0.176. The summed E-state index contributed by atoms with van der Waals surface area (Å²) < 4.78 is 5.70. The zero-order valence-electron chi connectivity index (χ0n) is 11.4. The van der Waals surface area contributed by atoms with Crippen LogP contribution in [0, 0.1) is 13.8 Å². The van der Waals surface area contributed by atoms with Gasteiger partial charge in [-0.25, -0.2) is 0 Å². The van der Waals surface area contributed by atoms with Crippen molar-refractivity contribution in [3.05, 3.63) is 69.9 Å². The number of aryl methyl sites for hydroxylation is 2. The van der Waals surface area contributed by atoms with Gasteiger partial charge in [0.25, 0.3) is 0 Å². The van der Waals surface area contributed by atoms with Gasteiger partial charge in [-0.2, -0.15) is 0 Å². The maximum atomic E-state index is 10.5. The Kier molecular flexibility index (Phi) is 3.28. The van der Waals surface area contributed by atoms with Gasteiger partial charge in [0, 0.05) is 10.4 Å². The quantitative estimate of drug-likeness (QED) is 0.735. The van der Waals surface area contributed by atoms with E-state index in [-0.39, 0.29) is 0 Å². The summed E-state index contributed by atoms with van der Waals surface area (Å²) in [6, 6.07) is 13.2. The van der Waals surface area contributed by atoms with Crippen molar-refractivity contribution in [2.45, 2.75) is 20.0 Å². The highest BCUT2D eigenvalue weighted by atomic mass is 35.5. The highest BCUT2D eigenvalue weighted by Gasteiger charge is 2.16. The molecule has 102 valence electrons. The van der Waals surface area contributed by atoms with E-state index in [4.69, 9.17) is 16.0 Å². The standard InChI is InChI=1S/C17H15ClO2/c1-10-3-4-12(7-11(10)2)17(19)16-9-13-8-14(18)5-6-15(13)20-16/h3-9,17,19H,1-2H3. The molecule has 2 aromatic carbocycles. The van der Waals surface area contributed by atoms with Gasteiger partial charge in [0.15, 0.2) is 0 Å². The van der Waals surface area contributed by atoms with Crippen molar-refractivity contribution in [3.8, 4) is 0 Å². The lowest BCUT2D eigenvalue weighted by Crippen LogP contribution is -1.98. The Morgan fingerprint density at radius 1 is 1.00 bits per heavy atom. The minimum Gasteiger partial charge on any atom is -0.458 e. The number of hydrogen-bond acceptors (Lipinski definition) is 2. The Morgan fingerprint density at radius 2 is 1.80 bits per heavy atom. The van der Waals surface area contributed by atoms with Crippen molar-refractivity contribution in [3.63, 3.8) is 0 Å². The van der Waals surface area contributed by atoms with Crippen LogP contribution in [-0.4, -0.2) is 5.11 Å². The average Bonchev–Trinajstić information content (AvgIpc) is 2.84. The summed E-state index contributed by atoms with van der Waals surface area (Å²) >= 11 is 5.96. The van der Waals surface area contributed by atoms with Gasteiger partial charge >= 0.3 is 0 Å². The Labute approximate surface area is 122 Å². The van der Waals surface area contributed by atoms with Gasteiger partial charge in [-0.3, -0.25) is 0 Å². The van der Waals surface area contributed by atoms with Crippen molar-refractivity contribution >= 4 is 22.6 Å². The van der Waals surface area contributed by atoms with Crippen LogP contribution in [0.3, 0.4) is 0 Å². The summed E-state index contributed by atoms with van der Waals surface area (Å²) in [4.78, 5) is 0. The number of rotatable bonds is 2. The Bertz CT molecular complexity index is 774. The fourth-order valence-corrected chi connectivity index (χ4v) is 2.45. The molecule has 2 nitrogen and oxygen atoms in total. The zero-order chi connectivity index (χ0) is 14.3. The molecule has 3 heteroatoms. The van der Waals surface area contributed by atoms with E-state index in [1.54, 1.807) is 6.07 Å². The molecule has 0 radical (unpaired) electrons. The van der Waals surface area contributed by atoms with E-state index < -0.39 is 6.10 Å². The Morgan fingerprint density at radius 3 is 2.55 bits per heavy atom. The zero-order valence-corrected chi connectivity index (χ0v) is 12.1. The lowest BCUT2D eigenvalue weighted by Gasteiger charge is -2.10. The van der Waals surface area contributed by atoms with Gasteiger partial charge in [0.1, 0.15) is 17.4 Å². The molecular weight excluding hydrogens is 272 g/mol. The molecule has 0 bridgehead atoms. The molecule has 1 heterocycles. The van der Waals surface area contributed by atoms with Crippen molar-refractivity contribution in [1.82, 2.24) is 0 Å². The van der Waals surface area contributed by atoms with Gasteiger partial charge in [-0.05, 0) is 54.8 Å². The molecule has 1 unspecified atom stereocenters. The molecule has 0 spiro atoms. The van der Waals surface area contributed by atoms with E-state index in [1.165, 1.54) is 5.56 Å². The minimum atomic E-state index is -0.763. The summed E-state index contributed by atoms with van der Waals surface area (Å²) in [7, 11) is 0. The molecule has 1 atom stereocenters. The summed E-state index contributed by atoms with van der Waals surface area (Å²) in [6.45, 7) is 4.08. The average molecular weight is 287 g/mol. The molecule has 1 N–H and O–H groups in total. The molecule has 0 saturated carbocycles. The van der Waals surface area contributed by atoms with Gasteiger partial charge in [0.05, 0.1) is 0 Å². The second kappa shape index (κ2) is 4.97. The maximum absolute atomic E-state index is 10.5. The summed E-state index contributed by atoms with van der Waals surface area (Å²) in [5.41, 5.74) is 3.92. The number of halogens is 1. The lowest BCUT2D eigenvalue weighted by atomic mass is 10.0. The smallest absolute Gasteiger partial charge is 0.138 e. The van der Waals surface area contributed by atoms with Crippen LogP contribution < -0.4 is 0 Å². The molecule has 0 fully saturated rings. The number of aliphatic hydroxyl groups is 1. The normalized spacial score (nSPS) is 12.8. The first-order valence-corrected chi connectivity index (χ1v) is 6.86. The van der Waals surface area contributed by atoms with E-state index in [2.05, 4.69) is 6.92 Å². The molecule has 1 aromatic heterocycles. The van der Waals surface area contributed by atoms with E-state index in [1.807, 2.05) is 43.3 Å². The number of benzene rings is 2. The highest BCUT2D eigenvalue weighted by molar-refractivity contribution is 6.31. The molecule has 0 aliphatic carbocycles. The molecule has 3 aromatic rings. The minimum absolute atomic E-state index is 0.533. The van der Waals surface area contributed by atoms with Gasteiger partial charge < -0.3 is 9.52 Å². The SMILES string of the molecule is Cc1ccc(C(O)c2cc3cc(Cl)ccc3o2)cc1C. The van der Waals surface area contributed by atoms with Crippen molar-refractivity contribution < 1.29 is 9.52 Å². The van der Waals surface area contributed by atoms with Gasteiger partial charge in [-0.15, -0.1) is 0 Å². The molecule has 0 amide bonds. The molecule has 0 aliphatic rings. The third-order valence-electron chi connectivity index (χ3n) is 3.61. The van der Waals surface area contributed by atoms with E-state index in [0.717, 1.165) is 22.1 Å². The summed E-state index contributed by atoms with van der Waals surface area (Å²) in [6.07, 6.45) is -0.763. The fourth-order valence-electron chi connectivity index (χ4n) is 2.27. The van der Waals surface area contributed by atoms with Crippen LogP contribution in [-0.2, 0) is 0 Å². The molecule has 0 aliphatic heterocycles. The topological polar surface area (TPSA) is 33.4 Å². The maximum Gasteiger partial charge on any atom is 0.138 e. The van der Waals surface area contributed by atoms with E-state index >= 15 is 0 Å². The number of furan rings is 1. The first kappa shape index (κ1) is 13.2. The number of aliphatic hydroxyl groups excluding tert-OH is 1. The monoisotopic (exact) mass is 286 g/mol. The predicted octanol–water partition coefficient (Wildman–Crippen LogP) is 4.78. The van der Waals surface area contributed by atoms with Crippen molar-refractivity contribution in [1.29, 1.82) is 0 Å². The third-order valence-corrected chi connectivity index (χ3v) is 3.85. The van der Waals surface area contributed by atoms with Crippen LogP contribution in [0.2, 0.25) is 5.02 Å². The van der Waals surface area contributed by atoms with Crippen LogP contribution in [0.4, 0.5) is 0 Å². The first-order valence-electron chi connectivity index (χ1n) is 6.49. The second-order valence-corrected chi connectivity index (χ2v) is 5.51. The molecule has 0 saturated heterocycles. The van der Waals surface area contributed by atoms with Gasteiger partial charge in [0.2, 0.25) is 0 Å². The highest BCUT2D eigenvalue weighted by Crippen LogP contribution is 2.30. The number of hydrogen-bond donors (Lipinski definition) is 1.